The smallest absolute Gasteiger partial charge is 0.408 e. The summed E-state index contributed by atoms with van der Waals surface area (Å²) in [5.74, 6) is -2.38. The van der Waals surface area contributed by atoms with E-state index in [0.29, 0.717) is 35.0 Å². The second kappa shape index (κ2) is 15.1. The number of alkyl carbamates (subject to hydrolysis) is 1. The van der Waals surface area contributed by atoms with E-state index < -0.39 is 47.5 Å². The number of ether oxygens (including phenoxy) is 1. The summed E-state index contributed by atoms with van der Waals surface area (Å²) >= 11 is 12.5. The minimum atomic E-state index is -1.27. The summed E-state index contributed by atoms with van der Waals surface area (Å²) < 4.78 is 6.09. The molecule has 9 nitrogen and oxygen atoms in total. The maximum atomic E-state index is 13.6. The van der Waals surface area contributed by atoms with Gasteiger partial charge in [-0.25, -0.2) is 9.59 Å². The quantitative estimate of drug-likeness (QED) is 0.218. The third-order valence-corrected chi connectivity index (χ3v) is 9.31. The van der Waals surface area contributed by atoms with Crippen LogP contribution >= 0.6 is 23.2 Å². The number of hydrogen-bond donors (Lipinski definition) is 4. The van der Waals surface area contributed by atoms with Crippen LogP contribution in [0.2, 0.25) is 10.0 Å². The van der Waals surface area contributed by atoms with Gasteiger partial charge in [0, 0.05) is 27.9 Å². The Bertz CT molecular complexity index is 1330. The van der Waals surface area contributed by atoms with E-state index >= 15 is 0 Å². The van der Waals surface area contributed by atoms with E-state index in [0.717, 1.165) is 37.7 Å². The van der Waals surface area contributed by atoms with Gasteiger partial charge in [0.15, 0.2) is 0 Å². The fraction of sp³-hybridized carbons (Fsp3) is 0.515. The second-order valence-electron chi connectivity index (χ2n) is 12.4. The molecule has 4 N–H and O–H groups in total. The van der Waals surface area contributed by atoms with Crippen molar-refractivity contribution in [3.8, 4) is 0 Å². The molecule has 2 fully saturated rings. The predicted octanol–water partition coefficient (Wildman–Crippen LogP) is 6.17. The molecule has 1 saturated carbocycles. The van der Waals surface area contributed by atoms with Gasteiger partial charge in [-0.15, -0.1) is 0 Å². The molecule has 1 heterocycles. The fourth-order valence-electron chi connectivity index (χ4n) is 6.23. The molecule has 0 spiro atoms. The summed E-state index contributed by atoms with van der Waals surface area (Å²) in [5.41, 5.74) is 0.797. The van der Waals surface area contributed by atoms with Crippen LogP contribution in [0.4, 0.5) is 4.79 Å². The normalized spacial score (nSPS) is 19.4. The van der Waals surface area contributed by atoms with E-state index in [1.165, 1.54) is 0 Å². The summed E-state index contributed by atoms with van der Waals surface area (Å²) in [6.07, 6.45) is 4.25. The Balaban J connectivity index is 1.55. The van der Waals surface area contributed by atoms with Crippen molar-refractivity contribution in [2.24, 2.45) is 11.8 Å². The van der Waals surface area contributed by atoms with Crippen LogP contribution in [-0.4, -0.2) is 47.6 Å². The molecule has 0 radical (unpaired) electrons. The number of nitrogens with one attached hydrogen (secondary N) is 3. The summed E-state index contributed by atoms with van der Waals surface area (Å²) in [5, 5.41) is 19.0. The molecule has 2 aliphatic rings. The van der Waals surface area contributed by atoms with E-state index in [4.69, 9.17) is 27.9 Å². The number of carboxylic acids is 1. The molecule has 1 aliphatic heterocycles. The van der Waals surface area contributed by atoms with E-state index in [9.17, 15) is 24.3 Å². The summed E-state index contributed by atoms with van der Waals surface area (Å²) in [7, 11) is 0. The van der Waals surface area contributed by atoms with Crippen LogP contribution in [0.15, 0.2) is 48.5 Å². The third kappa shape index (κ3) is 8.88. The lowest BCUT2D eigenvalue weighted by Crippen LogP contribution is -2.53. The van der Waals surface area contributed by atoms with Crippen molar-refractivity contribution in [1.29, 1.82) is 0 Å². The summed E-state index contributed by atoms with van der Waals surface area (Å²) in [6.45, 7) is 4.35. The van der Waals surface area contributed by atoms with Gasteiger partial charge in [0.2, 0.25) is 11.8 Å². The van der Waals surface area contributed by atoms with Crippen LogP contribution in [-0.2, 0) is 24.5 Å². The molecule has 4 atom stereocenters. The van der Waals surface area contributed by atoms with Crippen LogP contribution in [0.25, 0.3) is 0 Å². The van der Waals surface area contributed by atoms with Gasteiger partial charge < -0.3 is 25.8 Å². The lowest BCUT2D eigenvalue weighted by molar-refractivity contribution is -0.143. The highest BCUT2D eigenvalue weighted by Gasteiger charge is 2.38. The molecule has 0 aromatic heterocycles. The number of benzene rings is 2. The number of carbonyl (C=O) groups is 4. The van der Waals surface area contributed by atoms with Crippen LogP contribution in [0.5, 0.6) is 0 Å². The standard InChI is InChI=1S/C33H41Cl2N3O6/c1-33(2,23-9-6-10-25(35)19-23)28(21-11-13-24(34)14-12-21)44-32(43)38-26(17-20-7-4-3-5-8-20)30(40)37-27(31(41)42)18-22-15-16-36-29(22)39/h6,9-14,19-20,22,26-28H,3-5,7-8,15-18H2,1-2H3,(H,36,39)(H,37,40)(H,38,43)(H,41,42)/t22-,26?,27?,28?/m0/s1. The van der Waals surface area contributed by atoms with Crippen LogP contribution in [0, 0.1) is 11.8 Å². The SMILES string of the molecule is CC(C)(c1cccc(Cl)c1)C(OC(=O)NC(CC1CCCCC1)C(=O)NC(C[C@@H]1CCNC1=O)C(=O)O)c1ccc(Cl)cc1. The molecule has 238 valence electrons. The Labute approximate surface area is 268 Å². The average molecular weight is 647 g/mol. The van der Waals surface area contributed by atoms with Gasteiger partial charge in [0.05, 0.1) is 0 Å². The zero-order valence-corrected chi connectivity index (χ0v) is 26.6. The molecule has 2 aromatic rings. The van der Waals surface area contributed by atoms with Crippen LogP contribution < -0.4 is 16.0 Å². The highest BCUT2D eigenvalue weighted by Crippen LogP contribution is 2.41. The summed E-state index contributed by atoms with van der Waals surface area (Å²) in [6, 6.07) is 12.0. The Morgan fingerprint density at radius 3 is 2.27 bits per heavy atom. The first kappa shape index (κ1) is 33.6. The maximum absolute atomic E-state index is 13.6. The number of halogens is 2. The number of amides is 3. The van der Waals surface area contributed by atoms with Crippen LogP contribution in [0.1, 0.15) is 82.4 Å². The first-order valence-electron chi connectivity index (χ1n) is 15.2. The highest BCUT2D eigenvalue weighted by molar-refractivity contribution is 6.30. The Kier molecular flexibility index (Phi) is 11.5. The number of carboxylic acid groups (broad SMARTS) is 1. The Hall–Kier alpha value is -3.30. The molecule has 1 aliphatic carbocycles. The fourth-order valence-corrected chi connectivity index (χ4v) is 6.55. The second-order valence-corrected chi connectivity index (χ2v) is 13.3. The zero-order chi connectivity index (χ0) is 31.9. The minimum absolute atomic E-state index is 0.0278. The number of rotatable bonds is 12. The molecule has 0 bridgehead atoms. The largest absolute Gasteiger partial charge is 0.480 e. The third-order valence-electron chi connectivity index (χ3n) is 8.82. The maximum Gasteiger partial charge on any atom is 0.408 e. The minimum Gasteiger partial charge on any atom is -0.480 e. The van der Waals surface area contributed by atoms with E-state index in [-0.39, 0.29) is 18.2 Å². The van der Waals surface area contributed by atoms with Gasteiger partial charge in [-0.3, -0.25) is 9.59 Å². The molecule has 1 saturated heterocycles. The highest BCUT2D eigenvalue weighted by atomic mass is 35.5. The van der Waals surface area contributed by atoms with Gasteiger partial charge >= 0.3 is 12.1 Å². The predicted molar refractivity (Wildman–Crippen MR) is 169 cm³/mol. The van der Waals surface area contributed by atoms with Crippen molar-refractivity contribution < 1.29 is 29.0 Å². The molecule has 3 amide bonds. The lowest BCUT2D eigenvalue weighted by Gasteiger charge is -2.35. The van der Waals surface area contributed by atoms with Crippen molar-refractivity contribution in [3.05, 3.63) is 69.7 Å². The molecule has 11 heteroatoms. The van der Waals surface area contributed by atoms with Crippen molar-refractivity contribution >= 4 is 47.1 Å². The van der Waals surface area contributed by atoms with Gasteiger partial charge in [0.1, 0.15) is 18.2 Å². The monoisotopic (exact) mass is 645 g/mol. The molecule has 2 aromatic carbocycles. The number of hydrogen-bond acceptors (Lipinski definition) is 5. The van der Waals surface area contributed by atoms with Crippen molar-refractivity contribution in [2.45, 2.75) is 88.8 Å². The molecular weight excluding hydrogens is 605 g/mol. The first-order chi connectivity index (χ1) is 20.9. The topological polar surface area (TPSA) is 134 Å². The first-order valence-corrected chi connectivity index (χ1v) is 16.0. The van der Waals surface area contributed by atoms with E-state index in [1.54, 1.807) is 30.3 Å². The van der Waals surface area contributed by atoms with Gasteiger partial charge in [-0.2, -0.15) is 0 Å². The van der Waals surface area contributed by atoms with Crippen molar-refractivity contribution in [2.75, 3.05) is 6.54 Å². The molecule has 44 heavy (non-hydrogen) atoms. The molecule has 4 rings (SSSR count). The number of carbonyl (C=O) groups excluding carboxylic acids is 3. The van der Waals surface area contributed by atoms with E-state index in [1.807, 2.05) is 32.0 Å². The van der Waals surface area contributed by atoms with Gasteiger partial charge in [-0.05, 0) is 60.6 Å². The van der Waals surface area contributed by atoms with Crippen molar-refractivity contribution in [1.82, 2.24) is 16.0 Å². The summed E-state index contributed by atoms with van der Waals surface area (Å²) in [4.78, 5) is 51.4. The Morgan fingerprint density at radius 1 is 0.955 bits per heavy atom. The van der Waals surface area contributed by atoms with E-state index in [2.05, 4.69) is 16.0 Å². The van der Waals surface area contributed by atoms with Crippen molar-refractivity contribution in [3.63, 3.8) is 0 Å². The lowest BCUT2D eigenvalue weighted by atomic mass is 9.76. The van der Waals surface area contributed by atoms with Gasteiger partial charge in [0.25, 0.3) is 0 Å². The average Bonchev–Trinajstić information content (AvgIpc) is 3.40. The van der Waals surface area contributed by atoms with Crippen LogP contribution in [0.3, 0.4) is 0 Å². The molecule has 3 unspecified atom stereocenters. The number of aliphatic carboxylic acids is 1. The zero-order valence-electron chi connectivity index (χ0n) is 25.1. The molecular formula is C33H41Cl2N3O6. The van der Waals surface area contributed by atoms with Gasteiger partial charge in [-0.1, -0.05) is 93.4 Å². The Morgan fingerprint density at radius 2 is 1.66 bits per heavy atom.